The van der Waals surface area contributed by atoms with Gasteiger partial charge in [0.25, 0.3) is 0 Å². The average Bonchev–Trinajstić information content (AvgIpc) is 3.30. The Kier molecular flexibility index (Phi) is 4.09. The third-order valence-electron chi connectivity index (χ3n) is 3.84. The zero-order valence-electron chi connectivity index (χ0n) is 13.0. The number of fused-ring (bicyclic) bond motifs is 1. The summed E-state index contributed by atoms with van der Waals surface area (Å²) < 4.78 is 0. The Morgan fingerprint density at radius 3 is 2.58 bits per heavy atom. The summed E-state index contributed by atoms with van der Waals surface area (Å²) in [7, 11) is 0. The lowest BCUT2D eigenvalue weighted by atomic mass is 10.1. The van der Waals surface area contributed by atoms with Crippen molar-refractivity contribution in [2.75, 3.05) is 0 Å². The number of nitrogens with zero attached hydrogens (tertiary/aromatic N) is 1. The highest BCUT2D eigenvalue weighted by Crippen LogP contribution is 2.25. The minimum atomic E-state index is 0.974. The summed E-state index contributed by atoms with van der Waals surface area (Å²) in [5, 5.41) is 3.27. The SMILES string of the molecule is C(=N/C(=C\c1ccccc1)c1cccs1)c1c[nH]c2ccccc12. The molecule has 0 bridgehead atoms. The predicted octanol–water partition coefficient (Wildman–Crippen LogP) is 5.85. The molecule has 4 rings (SSSR count). The number of para-hydroxylation sites is 1. The molecular weight excluding hydrogens is 312 g/mol. The van der Waals surface area contributed by atoms with Crippen molar-refractivity contribution in [3.63, 3.8) is 0 Å². The van der Waals surface area contributed by atoms with E-state index >= 15 is 0 Å². The van der Waals surface area contributed by atoms with Gasteiger partial charge in [-0.15, -0.1) is 11.3 Å². The summed E-state index contributed by atoms with van der Waals surface area (Å²) in [5.41, 5.74) is 4.35. The van der Waals surface area contributed by atoms with Crippen molar-refractivity contribution in [1.82, 2.24) is 4.98 Å². The molecule has 0 aliphatic carbocycles. The smallest absolute Gasteiger partial charge is 0.0807 e. The maximum absolute atomic E-state index is 4.78. The van der Waals surface area contributed by atoms with E-state index in [-0.39, 0.29) is 0 Å². The first-order chi connectivity index (χ1) is 11.9. The van der Waals surface area contributed by atoms with E-state index in [1.54, 1.807) is 11.3 Å². The van der Waals surface area contributed by atoms with Crippen LogP contribution in [0.5, 0.6) is 0 Å². The Labute approximate surface area is 144 Å². The number of aromatic nitrogens is 1. The molecule has 2 aromatic carbocycles. The van der Waals surface area contributed by atoms with Gasteiger partial charge in [-0.1, -0.05) is 54.6 Å². The van der Waals surface area contributed by atoms with Gasteiger partial charge in [-0.3, -0.25) is 4.99 Å². The number of thiophene rings is 1. The minimum absolute atomic E-state index is 0.974. The molecule has 24 heavy (non-hydrogen) atoms. The first-order valence-electron chi connectivity index (χ1n) is 7.81. The summed E-state index contributed by atoms with van der Waals surface area (Å²) in [6.45, 7) is 0. The Bertz CT molecular complexity index is 993. The fourth-order valence-corrected chi connectivity index (χ4v) is 3.34. The Balaban J connectivity index is 1.73. The number of benzene rings is 2. The molecule has 2 aromatic heterocycles. The largest absolute Gasteiger partial charge is 0.361 e. The summed E-state index contributed by atoms with van der Waals surface area (Å²) in [4.78, 5) is 9.23. The van der Waals surface area contributed by atoms with Gasteiger partial charge in [0.1, 0.15) is 0 Å². The van der Waals surface area contributed by atoms with Gasteiger partial charge in [0.15, 0.2) is 0 Å². The molecule has 0 aliphatic heterocycles. The minimum Gasteiger partial charge on any atom is -0.361 e. The van der Waals surface area contributed by atoms with Gasteiger partial charge >= 0.3 is 0 Å². The lowest BCUT2D eigenvalue weighted by molar-refractivity contribution is 1.47. The second kappa shape index (κ2) is 6.69. The van der Waals surface area contributed by atoms with E-state index in [4.69, 9.17) is 4.99 Å². The zero-order chi connectivity index (χ0) is 16.2. The highest BCUT2D eigenvalue weighted by Gasteiger charge is 2.03. The van der Waals surface area contributed by atoms with Crippen LogP contribution in [0.1, 0.15) is 16.0 Å². The second-order valence-corrected chi connectivity index (χ2v) is 6.41. The van der Waals surface area contributed by atoms with Crippen LogP contribution in [0.3, 0.4) is 0 Å². The first-order valence-corrected chi connectivity index (χ1v) is 8.69. The predicted molar refractivity (Wildman–Crippen MR) is 105 cm³/mol. The fourth-order valence-electron chi connectivity index (χ4n) is 2.64. The third-order valence-corrected chi connectivity index (χ3v) is 4.73. The fraction of sp³-hybridized carbons (Fsp3) is 0. The van der Waals surface area contributed by atoms with Gasteiger partial charge in [-0.25, -0.2) is 0 Å². The van der Waals surface area contributed by atoms with Crippen molar-refractivity contribution >= 4 is 40.2 Å². The molecule has 4 aromatic rings. The molecule has 0 aliphatic rings. The maximum Gasteiger partial charge on any atom is 0.0807 e. The van der Waals surface area contributed by atoms with Crippen molar-refractivity contribution in [3.05, 3.63) is 94.3 Å². The molecule has 2 nitrogen and oxygen atoms in total. The van der Waals surface area contributed by atoms with Gasteiger partial charge in [0.05, 0.1) is 10.6 Å². The van der Waals surface area contributed by atoms with Crippen molar-refractivity contribution in [3.8, 4) is 0 Å². The molecule has 0 atom stereocenters. The van der Waals surface area contributed by atoms with E-state index < -0.39 is 0 Å². The molecule has 0 unspecified atom stereocenters. The maximum atomic E-state index is 4.78. The lowest BCUT2D eigenvalue weighted by Gasteiger charge is -2.00. The van der Waals surface area contributed by atoms with E-state index in [1.165, 1.54) is 5.39 Å². The lowest BCUT2D eigenvalue weighted by Crippen LogP contribution is -1.82. The van der Waals surface area contributed by atoms with Crippen LogP contribution in [-0.2, 0) is 0 Å². The van der Waals surface area contributed by atoms with Crippen molar-refractivity contribution in [2.45, 2.75) is 0 Å². The molecule has 0 saturated carbocycles. The van der Waals surface area contributed by atoms with Gasteiger partial charge in [0.2, 0.25) is 0 Å². The van der Waals surface area contributed by atoms with Crippen LogP contribution < -0.4 is 0 Å². The van der Waals surface area contributed by atoms with Crippen molar-refractivity contribution < 1.29 is 0 Å². The van der Waals surface area contributed by atoms with Crippen LogP contribution >= 0.6 is 11.3 Å². The monoisotopic (exact) mass is 328 g/mol. The Morgan fingerprint density at radius 1 is 0.917 bits per heavy atom. The van der Waals surface area contributed by atoms with Gasteiger partial charge in [-0.2, -0.15) is 0 Å². The average molecular weight is 328 g/mol. The van der Waals surface area contributed by atoms with Gasteiger partial charge in [-0.05, 0) is 29.2 Å². The number of H-pyrrole nitrogens is 1. The van der Waals surface area contributed by atoms with Crippen LogP contribution in [-0.4, -0.2) is 11.2 Å². The number of rotatable bonds is 4. The van der Waals surface area contributed by atoms with Crippen LogP contribution in [0.2, 0.25) is 0 Å². The summed E-state index contributed by atoms with van der Waals surface area (Å²) in [6.07, 6.45) is 6.06. The second-order valence-electron chi connectivity index (χ2n) is 5.47. The molecule has 0 fully saturated rings. The highest BCUT2D eigenvalue weighted by molar-refractivity contribution is 7.11. The molecule has 0 saturated heterocycles. The van der Waals surface area contributed by atoms with E-state index in [2.05, 4.69) is 52.8 Å². The topological polar surface area (TPSA) is 28.1 Å². The van der Waals surface area contributed by atoms with E-state index in [1.807, 2.05) is 42.7 Å². The summed E-state index contributed by atoms with van der Waals surface area (Å²) in [6, 6.07) is 22.7. The van der Waals surface area contributed by atoms with Gasteiger partial charge < -0.3 is 4.98 Å². The molecule has 0 radical (unpaired) electrons. The number of hydrogen-bond donors (Lipinski definition) is 1. The molecule has 3 heteroatoms. The van der Waals surface area contributed by atoms with Crippen LogP contribution in [0, 0.1) is 0 Å². The van der Waals surface area contributed by atoms with E-state index in [0.29, 0.717) is 0 Å². The molecule has 0 amide bonds. The number of nitrogens with one attached hydrogen (secondary N) is 1. The highest BCUT2D eigenvalue weighted by atomic mass is 32.1. The first kappa shape index (κ1) is 14.7. The third kappa shape index (κ3) is 3.07. The van der Waals surface area contributed by atoms with Crippen molar-refractivity contribution in [1.29, 1.82) is 0 Å². The zero-order valence-corrected chi connectivity index (χ0v) is 13.8. The molecule has 0 spiro atoms. The van der Waals surface area contributed by atoms with E-state index in [0.717, 1.165) is 27.2 Å². The van der Waals surface area contributed by atoms with Crippen LogP contribution in [0.15, 0.2) is 83.3 Å². The Morgan fingerprint density at radius 2 is 1.75 bits per heavy atom. The number of hydrogen-bond acceptors (Lipinski definition) is 2. The normalized spacial score (nSPS) is 12.2. The number of aliphatic imine (C=N–C) groups is 1. The molecular formula is C21H16N2S. The quantitative estimate of drug-likeness (QED) is 0.455. The van der Waals surface area contributed by atoms with Crippen molar-refractivity contribution in [2.24, 2.45) is 4.99 Å². The van der Waals surface area contributed by atoms with Crippen LogP contribution in [0.25, 0.3) is 22.7 Å². The number of aromatic amines is 1. The summed E-state index contributed by atoms with van der Waals surface area (Å²) >= 11 is 1.70. The molecule has 116 valence electrons. The van der Waals surface area contributed by atoms with E-state index in [9.17, 15) is 0 Å². The molecule has 2 heterocycles. The Hall–Kier alpha value is -2.91. The van der Waals surface area contributed by atoms with Gasteiger partial charge in [0, 0.05) is 28.9 Å². The molecule has 1 N–H and O–H groups in total. The summed E-state index contributed by atoms with van der Waals surface area (Å²) in [5.74, 6) is 0. The van der Waals surface area contributed by atoms with Crippen LogP contribution in [0.4, 0.5) is 0 Å². The standard InChI is InChI=1S/C21H16N2S/c1-2-7-16(8-3-1)13-20(21-11-6-12-24-21)23-15-17-14-22-19-10-5-4-9-18(17)19/h1-15,22H/b20-13-,23-15?.